The molecule has 0 radical (unpaired) electrons. The largest absolute Gasteiger partial charge is 0.493 e. The van der Waals surface area contributed by atoms with Crippen molar-refractivity contribution in [3.05, 3.63) is 83.5 Å². The maximum Gasteiger partial charge on any atom is 0.160 e. The van der Waals surface area contributed by atoms with Crippen LogP contribution in [0.3, 0.4) is 0 Å². The van der Waals surface area contributed by atoms with Gasteiger partial charge in [-0.3, -0.25) is 0 Å². The third-order valence-corrected chi connectivity index (χ3v) is 6.36. The van der Waals surface area contributed by atoms with Gasteiger partial charge in [-0.2, -0.15) is 0 Å². The van der Waals surface area contributed by atoms with Crippen molar-refractivity contribution < 1.29 is 9.47 Å². The smallest absolute Gasteiger partial charge is 0.160 e. The molecule has 1 aliphatic heterocycles. The molecule has 0 fully saturated rings. The first-order valence-corrected chi connectivity index (χ1v) is 11.5. The summed E-state index contributed by atoms with van der Waals surface area (Å²) in [5.41, 5.74) is 6.69. The van der Waals surface area contributed by atoms with Crippen LogP contribution < -0.4 is 14.8 Å². The minimum Gasteiger partial charge on any atom is -0.493 e. The molecule has 0 bridgehead atoms. The Hall–Kier alpha value is -2.98. The number of hydrogen-bond acceptors (Lipinski definition) is 4. The Morgan fingerprint density at radius 2 is 1.84 bits per heavy atom. The second-order valence-electron chi connectivity index (χ2n) is 8.59. The third kappa shape index (κ3) is 5.25. The summed E-state index contributed by atoms with van der Waals surface area (Å²) >= 11 is 0. The Morgan fingerprint density at radius 1 is 1.00 bits per heavy atom. The van der Waals surface area contributed by atoms with E-state index in [-0.39, 0.29) is 0 Å². The van der Waals surface area contributed by atoms with Gasteiger partial charge in [0.05, 0.1) is 20.3 Å². The summed E-state index contributed by atoms with van der Waals surface area (Å²) in [6, 6.07) is 15.3. The second-order valence-corrected chi connectivity index (χ2v) is 8.59. The van der Waals surface area contributed by atoms with Crippen LogP contribution in [0.2, 0.25) is 0 Å². The van der Waals surface area contributed by atoms with Crippen molar-refractivity contribution in [2.75, 3.05) is 39.7 Å². The van der Waals surface area contributed by atoms with Crippen LogP contribution >= 0.6 is 0 Å². The predicted octanol–water partition coefficient (Wildman–Crippen LogP) is 5.72. The normalized spacial score (nSPS) is 16.9. The molecule has 0 amide bonds. The van der Waals surface area contributed by atoms with Crippen molar-refractivity contribution in [3.8, 4) is 11.5 Å². The lowest BCUT2D eigenvalue weighted by atomic mass is 9.95. The molecule has 4 nitrogen and oxygen atoms in total. The first kappa shape index (κ1) is 22.2. The molecule has 168 valence electrons. The van der Waals surface area contributed by atoms with E-state index in [0.717, 1.165) is 50.3 Å². The van der Waals surface area contributed by atoms with E-state index in [1.54, 1.807) is 14.2 Å². The lowest BCUT2D eigenvalue weighted by Crippen LogP contribution is -2.22. The number of nitrogens with one attached hydrogen (secondary N) is 1. The molecule has 0 spiro atoms. The number of methoxy groups -OCH3 is 2. The summed E-state index contributed by atoms with van der Waals surface area (Å²) in [6.45, 7) is 2.09. The van der Waals surface area contributed by atoms with Gasteiger partial charge in [0.15, 0.2) is 11.5 Å². The van der Waals surface area contributed by atoms with E-state index < -0.39 is 0 Å². The van der Waals surface area contributed by atoms with Gasteiger partial charge in [-0.1, -0.05) is 48.6 Å². The van der Waals surface area contributed by atoms with Crippen LogP contribution in [0.25, 0.3) is 5.57 Å². The Bertz CT molecular complexity index is 1020. The molecule has 2 aromatic carbocycles. The summed E-state index contributed by atoms with van der Waals surface area (Å²) in [4.78, 5) is 2.42. The number of para-hydroxylation sites is 1. The van der Waals surface area contributed by atoms with Crippen molar-refractivity contribution in [2.24, 2.45) is 0 Å². The maximum atomic E-state index is 5.43. The van der Waals surface area contributed by atoms with Gasteiger partial charge < -0.3 is 19.7 Å². The van der Waals surface area contributed by atoms with Gasteiger partial charge in [-0.05, 0) is 74.2 Å². The van der Waals surface area contributed by atoms with Gasteiger partial charge in [-0.15, -0.1) is 0 Å². The number of benzene rings is 2. The zero-order valence-electron chi connectivity index (χ0n) is 19.4. The van der Waals surface area contributed by atoms with E-state index in [1.807, 2.05) is 6.07 Å². The SMILES string of the molecule is COc1ccc(CCN(C)CCCC2=CC3=CC=CCC3Nc3ccccc32)cc1OC. The van der Waals surface area contributed by atoms with Gasteiger partial charge in [0, 0.05) is 17.8 Å². The third-order valence-electron chi connectivity index (χ3n) is 6.36. The van der Waals surface area contributed by atoms with Crippen molar-refractivity contribution in [1.29, 1.82) is 0 Å². The van der Waals surface area contributed by atoms with Gasteiger partial charge in [0.25, 0.3) is 0 Å². The summed E-state index contributed by atoms with van der Waals surface area (Å²) in [6.07, 6.45) is 13.3. The Morgan fingerprint density at radius 3 is 2.69 bits per heavy atom. The Balaban J connectivity index is 1.34. The second kappa shape index (κ2) is 10.6. The number of anilines is 1. The van der Waals surface area contributed by atoms with Crippen LogP contribution in [0.15, 0.2) is 72.3 Å². The molecular formula is C28H34N2O2. The fourth-order valence-corrected chi connectivity index (χ4v) is 4.51. The average molecular weight is 431 g/mol. The number of allylic oxidation sites excluding steroid dienone is 3. The predicted molar refractivity (Wildman–Crippen MR) is 134 cm³/mol. The highest BCUT2D eigenvalue weighted by Gasteiger charge is 2.20. The first-order valence-electron chi connectivity index (χ1n) is 11.5. The van der Waals surface area contributed by atoms with E-state index in [4.69, 9.17) is 9.47 Å². The van der Waals surface area contributed by atoms with Crippen LogP contribution in [0.4, 0.5) is 5.69 Å². The van der Waals surface area contributed by atoms with Crippen LogP contribution in [0.5, 0.6) is 11.5 Å². The standard InChI is InChI=1S/C28H34N2O2/c1-30(18-16-21-14-15-27(31-2)28(19-21)32-3)17-8-10-22-20-23-9-4-6-12-25(23)29-26-13-7-5-11-24(22)26/h4-7,9,11,13-15,19-20,25,29H,8,10,12,16-18H2,1-3H3. The monoisotopic (exact) mass is 430 g/mol. The maximum absolute atomic E-state index is 5.43. The number of hydrogen-bond donors (Lipinski definition) is 1. The topological polar surface area (TPSA) is 33.7 Å². The highest BCUT2D eigenvalue weighted by Crippen LogP contribution is 2.35. The fraction of sp³-hybridized carbons (Fsp3) is 0.357. The molecule has 2 aromatic rings. The van der Waals surface area contributed by atoms with E-state index in [1.165, 1.54) is 28.0 Å². The van der Waals surface area contributed by atoms with Crippen molar-refractivity contribution in [3.63, 3.8) is 0 Å². The zero-order valence-corrected chi connectivity index (χ0v) is 19.4. The summed E-state index contributed by atoms with van der Waals surface area (Å²) < 4.78 is 10.8. The number of rotatable bonds is 9. The quantitative estimate of drug-likeness (QED) is 0.551. The van der Waals surface area contributed by atoms with E-state index >= 15 is 0 Å². The van der Waals surface area contributed by atoms with Gasteiger partial charge in [-0.25, -0.2) is 0 Å². The van der Waals surface area contributed by atoms with Crippen molar-refractivity contribution in [2.45, 2.75) is 31.7 Å². The van der Waals surface area contributed by atoms with Crippen LogP contribution in [0.1, 0.15) is 30.4 Å². The number of nitrogens with zero attached hydrogens (tertiary/aromatic N) is 1. The molecule has 0 saturated carbocycles. The molecule has 1 aliphatic carbocycles. The minimum absolute atomic E-state index is 0.378. The van der Waals surface area contributed by atoms with E-state index in [9.17, 15) is 0 Å². The van der Waals surface area contributed by atoms with Gasteiger partial charge in [0.1, 0.15) is 0 Å². The van der Waals surface area contributed by atoms with Crippen molar-refractivity contribution in [1.82, 2.24) is 4.90 Å². The molecule has 32 heavy (non-hydrogen) atoms. The van der Waals surface area contributed by atoms with E-state index in [2.05, 4.69) is 78.0 Å². The van der Waals surface area contributed by atoms with Gasteiger partial charge in [0.2, 0.25) is 0 Å². The van der Waals surface area contributed by atoms with E-state index in [0.29, 0.717) is 6.04 Å². The average Bonchev–Trinajstić information content (AvgIpc) is 2.99. The molecule has 1 N–H and O–H groups in total. The number of likely N-dealkylation sites (N-methyl/N-ethyl adjacent to an activating group) is 1. The number of fused-ring (bicyclic) bond motifs is 2. The van der Waals surface area contributed by atoms with Crippen molar-refractivity contribution >= 4 is 11.3 Å². The van der Waals surface area contributed by atoms with Crippen LogP contribution in [0, 0.1) is 0 Å². The minimum atomic E-state index is 0.378. The molecule has 1 atom stereocenters. The molecule has 4 heteroatoms. The molecule has 0 saturated heterocycles. The zero-order chi connectivity index (χ0) is 22.3. The Labute approximate surface area is 192 Å². The van der Waals surface area contributed by atoms with Crippen LogP contribution in [-0.2, 0) is 6.42 Å². The van der Waals surface area contributed by atoms with Gasteiger partial charge >= 0.3 is 0 Å². The highest BCUT2D eigenvalue weighted by atomic mass is 16.5. The summed E-state index contributed by atoms with van der Waals surface area (Å²) in [5.74, 6) is 1.58. The number of ether oxygens (including phenoxy) is 2. The lowest BCUT2D eigenvalue weighted by Gasteiger charge is -2.20. The first-order chi connectivity index (χ1) is 15.7. The Kier molecular flexibility index (Phi) is 7.33. The molecule has 2 aliphatic rings. The summed E-state index contributed by atoms with van der Waals surface area (Å²) in [7, 11) is 5.57. The molecular weight excluding hydrogens is 396 g/mol. The lowest BCUT2D eigenvalue weighted by molar-refractivity contribution is 0.334. The fourth-order valence-electron chi connectivity index (χ4n) is 4.51. The highest BCUT2D eigenvalue weighted by molar-refractivity contribution is 5.80. The molecule has 1 heterocycles. The molecule has 4 rings (SSSR count). The molecule has 1 unspecified atom stereocenters. The molecule has 0 aromatic heterocycles. The van der Waals surface area contributed by atoms with Crippen LogP contribution in [-0.4, -0.2) is 45.3 Å². The summed E-state index contributed by atoms with van der Waals surface area (Å²) in [5, 5.41) is 3.75.